The Morgan fingerprint density at radius 2 is 0.875 bits per heavy atom. The van der Waals surface area contributed by atoms with Gasteiger partial charge in [-0.05, 0) is 85.2 Å². The maximum absolute atomic E-state index is 11.7. The van der Waals surface area contributed by atoms with E-state index < -0.39 is 11.2 Å². The Bertz CT molecular complexity index is 872. The number of Topliss-reactive ketones (excluding diaryl/α,β-unsaturated/α-hetero) is 1. The zero-order valence-corrected chi connectivity index (χ0v) is 20.4. The van der Waals surface area contributed by atoms with Crippen molar-refractivity contribution in [1.29, 1.82) is 0 Å². The molecule has 5 nitrogen and oxygen atoms in total. The molecule has 0 aliphatic rings. The van der Waals surface area contributed by atoms with Crippen molar-refractivity contribution < 1.29 is 23.9 Å². The van der Waals surface area contributed by atoms with Crippen molar-refractivity contribution in [2.75, 3.05) is 0 Å². The fraction of sp³-hybridized carbons (Fsp3) is 0.370. The van der Waals surface area contributed by atoms with Gasteiger partial charge in [-0.2, -0.15) is 0 Å². The summed E-state index contributed by atoms with van der Waals surface area (Å²) in [6, 6.07) is 13.7. The molecule has 0 saturated heterocycles. The van der Waals surface area contributed by atoms with Gasteiger partial charge in [-0.1, -0.05) is 36.4 Å². The third-order valence-corrected chi connectivity index (χ3v) is 3.94. The van der Waals surface area contributed by atoms with E-state index in [1.807, 2.05) is 60.6 Å². The molecule has 0 aliphatic carbocycles. The number of allylic oxidation sites excluding steroid dienone is 1. The second kappa shape index (κ2) is 10.9. The van der Waals surface area contributed by atoms with Gasteiger partial charge >= 0.3 is 11.9 Å². The van der Waals surface area contributed by atoms with E-state index in [0.717, 1.165) is 11.1 Å². The molecule has 0 aliphatic heterocycles. The lowest BCUT2D eigenvalue weighted by Crippen LogP contribution is -2.23. The van der Waals surface area contributed by atoms with Crippen LogP contribution in [0.2, 0.25) is 0 Å². The molecule has 0 radical (unpaired) electrons. The Hall–Kier alpha value is -3.21. The molecule has 0 heterocycles. The van der Waals surface area contributed by atoms with Crippen LogP contribution in [0.4, 0.5) is 0 Å². The first kappa shape index (κ1) is 26.8. The summed E-state index contributed by atoms with van der Waals surface area (Å²) in [5, 5.41) is 0. The lowest BCUT2D eigenvalue weighted by Gasteiger charge is -2.19. The molecule has 0 unspecified atom stereocenters. The highest BCUT2D eigenvalue weighted by Gasteiger charge is 2.18. The Balaban J connectivity index is 0.000000320. The van der Waals surface area contributed by atoms with Crippen LogP contribution in [-0.4, -0.2) is 28.9 Å². The van der Waals surface area contributed by atoms with E-state index in [4.69, 9.17) is 9.47 Å². The number of ketones is 1. The maximum Gasteiger partial charge on any atom is 0.338 e. The molecule has 5 heteroatoms. The Kier molecular flexibility index (Phi) is 9.13. The van der Waals surface area contributed by atoms with E-state index in [0.29, 0.717) is 16.7 Å². The minimum atomic E-state index is -0.504. The molecule has 0 atom stereocenters. The molecule has 2 aromatic carbocycles. The summed E-state index contributed by atoms with van der Waals surface area (Å²) in [6.45, 7) is 18.3. The molecule has 0 N–H and O–H groups in total. The summed E-state index contributed by atoms with van der Waals surface area (Å²) in [6.07, 6.45) is 0. The minimum Gasteiger partial charge on any atom is -0.456 e. The highest BCUT2D eigenvalue weighted by Crippen LogP contribution is 2.16. The molecule has 2 rings (SSSR count). The highest BCUT2D eigenvalue weighted by molar-refractivity contribution is 5.96. The monoisotopic (exact) mass is 438 g/mol. The van der Waals surface area contributed by atoms with Gasteiger partial charge < -0.3 is 9.47 Å². The smallest absolute Gasteiger partial charge is 0.338 e. The molecule has 0 amide bonds. The van der Waals surface area contributed by atoms with Crippen LogP contribution in [0, 0.1) is 0 Å². The van der Waals surface area contributed by atoms with E-state index >= 15 is 0 Å². The Labute approximate surface area is 191 Å². The molecular weight excluding hydrogens is 404 g/mol. The third kappa shape index (κ3) is 9.73. The van der Waals surface area contributed by atoms with Crippen LogP contribution in [0.1, 0.15) is 92.0 Å². The maximum atomic E-state index is 11.7. The van der Waals surface area contributed by atoms with Gasteiger partial charge in [-0.3, -0.25) is 4.79 Å². The Morgan fingerprint density at radius 1 is 0.594 bits per heavy atom. The van der Waals surface area contributed by atoms with Crippen LogP contribution < -0.4 is 0 Å². The average Bonchev–Trinajstić information content (AvgIpc) is 2.66. The number of benzene rings is 2. The zero-order valence-electron chi connectivity index (χ0n) is 20.4. The number of rotatable bonds is 4. The van der Waals surface area contributed by atoms with Gasteiger partial charge in [0.25, 0.3) is 0 Å². The largest absolute Gasteiger partial charge is 0.456 e. The summed E-state index contributed by atoms with van der Waals surface area (Å²) >= 11 is 0. The quantitative estimate of drug-likeness (QED) is 0.401. The van der Waals surface area contributed by atoms with Crippen LogP contribution in [0.3, 0.4) is 0 Å². The van der Waals surface area contributed by atoms with Crippen LogP contribution >= 0.6 is 0 Å². The fourth-order valence-corrected chi connectivity index (χ4v) is 2.41. The molecule has 0 fully saturated rings. The van der Waals surface area contributed by atoms with Gasteiger partial charge in [0, 0.05) is 5.56 Å². The first-order valence-electron chi connectivity index (χ1n) is 10.4. The van der Waals surface area contributed by atoms with Gasteiger partial charge in [0.1, 0.15) is 11.2 Å². The zero-order chi connectivity index (χ0) is 24.7. The van der Waals surface area contributed by atoms with Crippen LogP contribution in [0.5, 0.6) is 0 Å². The summed E-state index contributed by atoms with van der Waals surface area (Å²) in [5.74, 6) is -0.681. The summed E-state index contributed by atoms with van der Waals surface area (Å²) in [4.78, 5) is 34.4. The van der Waals surface area contributed by atoms with Crippen LogP contribution in [-0.2, 0) is 9.47 Å². The Morgan fingerprint density at radius 3 is 1.12 bits per heavy atom. The van der Waals surface area contributed by atoms with Crippen molar-refractivity contribution >= 4 is 23.3 Å². The topological polar surface area (TPSA) is 69.7 Å². The second-order valence-electron chi connectivity index (χ2n) is 9.50. The molecule has 0 spiro atoms. The van der Waals surface area contributed by atoms with E-state index in [-0.39, 0.29) is 17.7 Å². The lowest BCUT2D eigenvalue weighted by molar-refractivity contribution is 0.00570. The van der Waals surface area contributed by atoms with E-state index in [2.05, 4.69) is 6.58 Å². The van der Waals surface area contributed by atoms with Gasteiger partial charge in [0.2, 0.25) is 0 Å². The number of carbonyl (C=O) groups is 3. The molecular formula is C27H34O5. The molecule has 0 aromatic heterocycles. The number of hydrogen-bond donors (Lipinski definition) is 0. The first-order valence-corrected chi connectivity index (χ1v) is 10.4. The van der Waals surface area contributed by atoms with E-state index in [1.165, 1.54) is 6.92 Å². The lowest BCUT2D eigenvalue weighted by atomic mass is 10.1. The number of ether oxygens (including phenoxy) is 2. The first-order chi connectivity index (χ1) is 14.6. The predicted octanol–water partition coefficient (Wildman–Crippen LogP) is 6.52. The number of hydrogen-bond acceptors (Lipinski definition) is 5. The van der Waals surface area contributed by atoms with Crippen LogP contribution in [0.15, 0.2) is 55.1 Å². The van der Waals surface area contributed by atoms with Crippen molar-refractivity contribution in [2.24, 2.45) is 0 Å². The number of esters is 2. The van der Waals surface area contributed by atoms with Gasteiger partial charge in [-0.25, -0.2) is 9.59 Å². The van der Waals surface area contributed by atoms with Crippen molar-refractivity contribution in [3.05, 3.63) is 77.4 Å². The minimum absolute atomic E-state index is 0.0178. The number of carbonyl (C=O) groups excluding carboxylic acids is 3. The highest BCUT2D eigenvalue weighted by atomic mass is 16.6. The standard InChI is InChI=1S/C14H18O2.C13H16O3/c1-10(2)11-6-8-12(9-7-11)13(15)16-14(3,4)5;1-9(14)10-5-7-11(8-6-10)12(15)16-13(2,3)4/h6-9H,1H2,2-5H3;5-8H,1-4H3. The second-order valence-corrected chi connectivity index (χ2v) is 9.50. The van der Waals surface area contributed by atoms with Gasteiger partial charge in [0.05, 0.1) is 11.1 Å². The molecule has 0 saturated carbocycles. The third-order valence-electron chi connectivity index (χ3n) is 3.94. The van der Waals surface area contributed by atoms with Crippen molar-refractivity contribution in [3.63, 3.8) is 0 Å². The molecule has 2 aromatic rings. The fourth-order valence-electron chi connectivity index (χ4n) is 2.41. The van der Waals surface area contributed by atoms with Gasteiger partial charge in [-0.15, -0.1) is 0 Å². The van der Waals surface area contributed by atoms with E-state index in [9.17, 15) is 14.4 Å². The normalized spacial score (nSPS) is 11.0. The van der Waals surface area contributed by atoms with Crippen molar-refractivity contribution in [2.45, 2.75) is 66.6 Å². The summed E-state index contributed by atoms with van der Waals surface area (Å²) in [7, 11) is 0. The van der Waals surface area contributed by atoms with Crippen LogP contribution in [0.25, 0.3) is 5.57 Å². The summed E-state index contributed by atoms with van der Waals surface area (Å²) < 4.78 is 10.5. The molecule has 0 bridgehead atoms. The predicted molar refractivity (Wildman–Crippen MR) is 128 cm³/mol. The molecule has 172 valence electrons. The van der Waals surface area contributed by atoms with Gasteiger partial charge in [0.15, 0.2) is 5.78 Å². The van der Waals surface area contributed by atoms with E-state index in [1.54, 1.807) is 36.4 Å². The molecule has 32 heavy (non-hydrogen) atoms. The summed E-state index contributed by atoms with van der Waals surface area (Å²) in [5.41, 5.74) is 2.68. The van der Waals surface area contributed by atoms with Crippen molar-refractivity contribution in [3.8, 4) is 0 Å². The average molecular weight is 439 g/mol. The SMILES string of the molecule is C=C(C)c1ccc(C(=O)OC(C)(C)C)cc1.CC(=O)c1ccc(C(=O)OC(C)(C)C)cc1. The van der Waals surface area contributed by atoms with Crippen molar-refractivity contribution in [1.82, 2.24) is 0 Å².